The maximum Gasteiger partial charge on any atom is 0.240 e. The smallest absolute Gasteiger partial charge is 0.207 e. The van der Waals surface area contributed by atoms with E-state index in [9.17, 15) is 8.42 Å². The molecule has 0 heterocycles. The normalized spacial score (nSPS) is 11.8. The van der Waals surface area contributed by atoms with Gasteiger partial charge in [-0.25, -0.2) is 13.1 Å². The fourth-order valence-corrected chi connectivity index (χ4v) is 3.04. The van der Waals surface area contributed by atoms with E-state index >= 15 is 0 Å². The van der Waals surface area contributed by atoms with Crippen molar-refractivity contribution in [3.63, 3.8) is 0 Å². The molecule has 5 heteroatoms. The number of hydrogen-bond donors (Lipinski definition) is 1. The molecular formula is C16H18ClNO2S. The van der Waals surface area contributed by atoms with Crippen LogP contribution in [0.3, 0.4) is 0 Å². The Bertz CT molecular complexity index is 692. The van der Waals surface area contributed by atoms with Gasteiger partial charge in [0, 0.05) is 11.6 Å². The Labute approximate surface area is 131 Å². The Morgan fingerprint density at radius 1 is 1.00 bits per heavy atom. The van der Waals surface area contributed by atoms with Crippen LogP contribution in [0.15, 0.2) is 53.4 Å². The third-order valence-corrected chi connectivity index (χ3v) is 4.91. The molecule has 0 aliphatic rings. The lowest BCUT2D eigenvalue weighted by Gasteiger charge is -2.09. The Hall–Kier alpha value is -1.36. The maximum atomic E-state index is 12.1. The topological polar surface area (TPSA) is 46.2 Å². The first-order valence-electron chi connectivity index (χ1n) is 6.72. The summed E-state index contributed by atoms with van der Waals surface area (Å²) in [6, 6.07) is 14.0. The summed E-state index contributed by atoms with van der Waals surface area (Å²) in [6.45, 7) is 4.51. The van der Waals surface area contributed by atoms with Crippen LogP contribution in [0.1, 0.15) is 30.9 Å². The molecule has 2 aromatic rings. The highest BCUT2D eigenvalue weighted by molar-refractivity contribution is 7.89. The predicted molar refractivity (Wildman–Crippen MR) is 86.0 cm³/mol. The van der Waals surface area contributed by atoms with Gasteiger partial charge in [-0.05, 0) is 41.3 Å². The maximum absolute atomic E-state index is 12.1. The van der Waals surface area contributed by atoms with E-state index in [0.717, 1.165) is 5.56 Å². The van der Waals surface area contributed by atoms with Crippen molar-refractivity contribution >= 4 is 21.6 Å². The van der Waals surface area contributed by atoms with Crippen LogP contribution in [0.25, 0.3) is 0 Å². The van der Waals surface area contributed by atoms with Crippen LogP contribution in [0.5, 0.6) is 0 Å². The van der Waals surface area contributed by atoms with E-state index in [4.69, 9.17) is 11.6 Å². The summed E-state index contributed by atoms with van der Waals surface area (Å²) in [4.78, 5) is 0.214. The van der Waals surface area contributed by atoms with Crippen molar-refractivity contribution in [1.29, 1.82) is 0 Å². The van der Waals surface area contributed by atoms with E-state index in [1.165, 1.54) is 17.7 Å². The number of nitrogens with one attached hydrogen (secondary N) is 1. The standard InChI is InChI=1S/C16H18ClNO2S/c1-12(2)14-5-3-13(4-6-14)11-18-21(19,20)16-9-7-15(17)8-10-16/h3-10,12,18H,11H2,1-2H3. The molecule has 2 aromatic carbocycles. The first-order chi connectivity index (χ1) is 9.88. The molecule has 112 valence electrons. The third kappa shape index (κ3) is 4.30. The average Bonchev–Trinajstić information content (AvgIpc) is 2.46. The Kier molecular flexibility index (Phi) is 5.04. The van der Waals surface area contributed by atoms with Crippen molar-refractivity contribution < 1.29 is 8.42 Å². The lowest BCUT2D eigenvalue weighted by Crippen LogP contribution is -2.23. The molecule has 0 radical (unpaired) electrons. The lowest BCUT2D eigenvalue weighted by atomic mass is 10.0. The number of benzene rings is 2. The minimum atomic E-state index is -3.51. The van der Waals surface area contributed by atoms with Gasteiger partial charge >= 0.3 is 0 Å². The predicted octanol–water partition coefficient (Wildman–Crippen LogP) is 3.94. The van der Waals surface area contributed by atoms with Crippen LogP contribution in [0.2, 0.25) is 5.02 Å². The molecule has 0 aliphatic heterocycles. The van der Waals surface area contributed by atoms with Crippen LogP contribution >= 0.6 is 11.6 Å². The van der Waals surface area contributed by atoms with E-state index in [0.29, 0.717) is 10.9 Å². The molecule has 0 atom stereocenters. The van der Waals surface area contributed by atoms with Crippen LogP contribution < -0.4 is 4.72 Å². The average molecular weight is 324 g/mol. The van der Waals surface area contributed by atoms with E-state index < -0.39 is 10.0 Å². The first-order valence-corrected chi connectivity index (χ1v) is 8.58. The van der Waals surface area contributed by atoms with Crippen molar-refractivity contribution in [3.05, 3.63) is 64.7 Å². The summed E-state index contributed by atoms with van der Waals surface area (Å²) >= 11 is 5.76. The van der Waals surface area contributed by atoms with Gasteiger partial charge in [-0.1, -0.05) is 49.7 Å². The summed E-state index contributed by atoms with van der Waals surface area (Å²) in [5.41, 5.74) is 2.16. The van der Waals surface area contributed by atoms with Gasteiger partial charge < -0.3 is 0 Å². The quantitative estimate of drug-likeness (QED) is 0.905. The first kappa shape index (κ1) is 16.0. The second-order valence-corrected chi connectivity index (χ2v) is 7.38. The molecule has 2 rings (SSSR count). The summed E-state index contributed by atoms with van der Waals surface area (Å²) in [7, 11) is -3.51. The molecular weight excluding hydrogens is 306 g/mol. The molecule has 0 saturated heterocycles. The van der Waals surface area contributed by atoms with Crippen molar-refractivity contribution in [1.82, 2.24) is 4.72 Å². The SMILES string of the molecule is CC(C)c1ccc(CNS(=O)(=O)c2ccc(Cl)cc2)cc1. The van der Waals surface area contributed by atoms with Crippen LogP contribution in [-0.4, -0.2) is 8.42 Å². The van der Waals surface area contributed by atoms with E-state index in [2.05, 4.69) is 18.6 Å². The Morgan fingerprint density at radius 3 is 2.10 bits per heavy atom. The van der Waals surface area contributed by atoms with Gasteiger partial charge in [-0.3, -0.25) is 0 Å². The molecule has 0 unspecified atom stereocenters. The minimum absolute atomic E-state index is 0.214. The summed E-state index contributed by atoms with van der Waals surface area (Å²) in [5.74, 6) is 0.463. The number of hydrogen-bond acceptors (Lipinski definition) is 2. The van der Waals surface area contributed by atoms with Crippen molar-refractivity contribution in [2.75, 3.05) is 0 Å². The zero-order valence-electron chi connectivity index (χ0n) is 12.0. The van der Waals surface area contributed by atoms with E-state index in [-0.39, 0.29) is 11.4 Å². The zero-order chi connectivity index (χ0) is 15.5. The molecule has 0 saturated carbocycles. The van der Waals surface area contributed by atoms with Crippen molar-refractivity contribution in [2.24, 2.45) is 0 Å². The highest BCUT2D eigenvalue weighted by Gasteiger charge is 2.13. The van der Waals surface area contributed by atoms with Crippen molar-refractivity contribution in [3.8, 4) is 0 Å². The highest BCUT2D eigenvalue weighted by Crippen LogP contribution is 2.16. The number of sulfonamides is 1. The van der Waals surface area contributed by atoms with E-state index in [1.54, 1.807) is 12.1 Å². The van der Waals surface area contributed by atoms with Gasteiger partial charge in [-0.2, -0.15) is 0 Å². The molecule has 0 spiro atoms. The zero-order valence-corrected chi connectivity index (χ0v) is 13.6. The molecule has 0 fully saturated rings. The van der Waals surface area contributed by atoms with Crippen molar-refractivity contribution in [2.45, 2.75) is 31.2 Å². The van der Waals surface area contributed by atoms with Gasteiger partial charge in [-0.15, -0.1) is 0 Å². The lowest BCUT2D eigenvalue weighted by molar-refractivity contribution is 0.581. The fourth-order valence-electron chi connectivity index (χ4n) is 1.90. The van der Waals surface area contributed by atoms with Gasteiger partial charge in [0.1, 0.15) is 0 Å². The largest absolute Gasteiger partial charge is 0.240 e. The van der Waals surface area contributed by atoms with Crippen LogP contribution in [0, 0.1) is 0 Å². The Morgan fingerprint density at radius 2 is 1.57 bits per heavy atom. The second-order valence-electron chi connectivity index (χ2n) is 5.17. The molecule has 21 heavy (non-hydrogen) atoms. The second kappa shape index (κ2) is 6.60. The highest BCUT2D eigenvalue weighted by atomic mass is 35.5. The number of halogens is 1. The fraction of sp³-hybridized carbons (Fsp3) is 0.250. The molecule has 1 N–H and O–H groups in total. The van der Waals surface area contributed by atoms with Crippen LogP contribution in [-0.2, 0) is 16.6 Å². The monoisotopic (exact) mass is 323 g/mol. The molecule has 0 aromatic heterocycles. The van der Waals surface area contributed by atoms with Gasteiger partial charge in [0.05, 0.1) is 4.90 Å². The van der Waals surface area contributed by atoms with Gasteiger partial charge in [0.25, 0.3) is 0 Å². The van der Waals surface area contributed by atoms with Crippen LogP contribution in [0.4, 0.5) is 0 Å². The molecule has 3 nitrogen and oxygen atoms in total. The Balaban J connectivity index is 2.06. The minimum Gasteiger partial charge on any atom is -0.207 e. The third-order valence-electron chi connectivity index (χ3n) is 3.24. The summed E-state index contributed by atoms with van der Waals surface area (Å²) in [6.07, 6.45) is 0. The van der Waals surface area contributed by atoms with Gasteiger partial charge in [0.15, 0.2) is 0 Å². The van der Waals surface area contributed by atoms with E-state index in [1.807, 2.05) is 24.3 Å². The number of rotatable bonds is 5. The summed E-state index contributed by atoms with van der Waals surface area (Å²) < 4.78 is 26.9. The molecule has 0 aliphatic carbocycles. The molecule has 0 bridgehead atoms. The molecule has 0 amide bonds. The van der Waals surface area contributed by atoms with Gasteiger partial charge in [0.2, 0.25) is 10.0 Å². The summed E-state index contributed by atoms with van der Waals surface area (Å²) in [5, 5.41) is 0.512.